The number of benzene rings is 2. The van der Waals surface area contributed by atoms with Crippen molar-refractivity contribution in [3.05, 3.63) is 77.0 Å². The van der Waals surface area contributed by atoms with Crippen molar-refractivity contribution >= 4 is 53.1 Å². The van der Waals surface area contributed by atoms with Crippen LogP contribution >= 0.6 is 11.6 Å². The van der Waals surface area contributed by atoms with E-state index in [0.717, 1.165) is 24.1 Å². The molecule has 2 bridgehead atoms. The lowest BCUT2D eigenvalue weighted by atomic mass is 10.1. The number of allylic oxidation sites excluding steroid dienone is 1. The molecule has 0 saturated carbocycles. The van der Waals surface area contributed by atoms with Gasteiger partial charge in [-0.2, -0.15) is 5.10 Å². The summed E-state index contributed by atoms with van der Waals surface area (Å²) in [7, 11) is 1.31. The maximum Gasteiger partial charge on any atom is 0.411 e. The highest BCUT2D eigenvalue weighted by atomic mass is 35.5. The van der Waals surface area contributed by atoms with Gasteiger partial charge in [-0.15, -0.1) is 0 Å². The second kappa shape index (κ2) is 14.1. The Labute approximate surface area is 243 Å². The number of hydrogen-bond acceptors (Lipinski definition) is 9. The molecule has 4 rings (SSSR count). The Hall–Kier alpha value is -4.68. The molecule has 13 heteroatoms. The number of halogens is 1. The van der Waals surface area contributed by atoms with Crippen LogP contribution in [0.5, 0.6) is 5.75 Å². The molecule has 2 aromatic carbocycles. The molecule has 1 unspecified atom stereocenters. The average Bonchev–Trinajstić information content (AvgIpc) is 3.45. The van der Waals surface area contributed by atoms with Crippen molar-refractivity contribution in [2.75, 3.05) is 24.0 Å². The summed E-state index contributed by atoms with van der Waals surface area (Å²) >= 11 is 6.17. The number of ether oxygens (including phenoxy) is 2. The fraction of sp³-hybridized carbons (Fsp3) is 0.250. The second-order valence-corrected chi connectivity index (χ2v) is 9.63. The van der Waals surface area contributed by atoms with Crippen molar-refractivity contribution < 1.29 is 19.1 Å². The topological polar surface area (TPSA) is 168 Å². The largest absolute Gasteiger partial charge is 0.493 e. The second-order valence-electron chi connectivity index (χ2n) is 9.20. The first-order valence-corrected chi connectivity index (χ1v) is 13.3. The zero-order valence-electron chi connectivity index (χ0n) is 22.5. The third-order valence-electron chi connectivity index (χ3n) is 6.35. The van der Waals surface area contributed by atoms with Gasteiger partial charge in [-0.1, -0.05) is 23.8 Å². The fourth-order valence-corrected chi connectivity index (χ4v) is 4.53. The van der Waals surface area contributed by atoms with Crippen LogP contribution in [0.25, 0.3) is 11.8 Å². The van der Waals surface area contributed by atoms with Crippen LogP contribution in [0.3, 0.4) is 0 Å². The number of carbonyl (C=O) groups is 2. The minimum atomic E-state index is -0.566. The quantitative estimate of drug-likeness (QED) is 0.0750. The normalized spacial score (nSPS) is 19.2. The van der Waals surface area contributed by atoms with Crippen molar-refractivity contribution in [2.24, 2.45) is 16.8 Å². The third kappa shape index (κ3) is 7.93. The number of hydrogen-bond donors (Lipinski definition) is 6. The number of anilines is 2. The summed E-state index contributed by atoms with van der Waals surface area (Å²) in [5, 5.41) is 17.7. The molecule has 2 amide bonds. The molecule has 12 nitrogen and oxygen atoms in total. The van der Waals surface area contributed by atoms with Gasteiger partial charge in [0.2, 0.25) is 5.91 Å². The van der Waals surface area contributed by atoms with Gasteiger partial charge in [0.05, 0.1) is 31.1 Å². The molecule has 0 spiro atoms. The number of carbonyl (C=O) groups excluding carboxylic acids is 2. The van der Waals surface area contributed by atoms with Crippen LogP contribution in [0.1, 0.15) is 30.4 Å². The molecule has 2 heterocycles. The van der Waals surface area contributed by atoms with E-state index in [4.69, 9.17) is 32.8 Å². The predicted octanol–water partition coefficient (Wildman–Crippen LogP) is 3.23. The van der Waals surface area contributed by atoms with E-state index in [1.54, 1.807) is 36.4 Å². The van der Waals surface area contributed by atoms with Crippen LogP contribution in [0.2, 0.25) is 5.02 Å². The van der Waals surface area contributed by atoms with E-state index >= 15 is 0 Å². The first-order chi connectivity index (χ1) is 19.9. The first-order valence-electron chi connectivity index (χ1n) is 12.9. The number of hydrazone groups is 1. The van der Waals surface area contributed by atoms with Gasteiger partial charge in [0, 0.05) is 40.2 Å². The van der Waals surface area contributed by atoms with Gasteiger partial charge in [-0.3, -0.25) is 15.1 Å². The van der Waals surface area contributed by atoms with E-state index < -0.39 is 6.09 Å². The Balaban J connectivity index is 1.51. The minimum absolute atomic E-state index is 0.295. The Morgan fingerprint density at radius 3 is 2.90 bits per heavy atom. The summed E-state index contributed by atoms with van der Waals surface area (Å²) in [6.07, 6.45) is 11.6. The van der Waals surface area contributed by atoms with Gasteiger partial charge in [0.1, 0.15) is 18.3 Å². The van der Waals surface area contributed by atoms with E-state index in [-0.39, 0.29) is 18.1 Å². The zero-order chi connectivity index (χ0) is 29.2. The number of nitrogens with one attached hydrogen (secondary N) is 4. The lowest BCUT2D eigenvalue weighted by Crippen LogP contribution is -2.52. The maximum absolute atomic E-state index is 13.0. The van der Waals surface area contributed by atoms with E-state index in [2.05, 4.69) is 32.4 Å². The molecule has 216 valence electrons. The first kappa shape index (κ1) is 29.3. The maximum atomic E-state index is 13.0. The predicted molar refractivity (Wildman–Crippen MR) is 161 cm³/mol. The molecule has 2 aliphatic heterocycles. The summed E-state index contributed by atoms with van der Waals surface area (Å²) in [4.78, 5) is 24.7. The van der Waals surface area contributed by atoms with Gasteiger partial charge < -0.3 is 31.3 Å². The molecular weight excluding hydrogens is 548 g/mol. The molecule has 8 N–H and O–H groups in total. The molecule has 2 aliphatic rings. The molecule has 2 aromatic rings. The highest BCUT2D eigenvalue weighted by molar-refractivity contribution is 6.30. The minimum Gasteiger partial charge on any atom is -0.493 e. The Kier molecular flexibility index (Phi) is 10.1. The number of methoxy groups -OCH3 is 1. The molecule has 0 aliphatic carbocycles. The van der Waals surface area contributed by atoms with Crippen molar-refractivity contribution in [3.63, 3.8) is 0 Å². The SMILES string of the molecule is COC(=O)Nc1ccc2c(c1)OCCC/C=C/C[C@H](NC(=O)/C=C/c1cc(Cl)ccc1N(N)/C=N\N)C1NC=C2N1. The number of hydrazine groups is 1. The Morgan fingerprint density at radius 2 is 2.10 bits per heavy atom. The van der Waals surface area contributed by atoms with Gasteiger partial charge in [0.25, 0.3) is 0 Å². The smallest absolute Gasteiger partial charge is 0.411 e. The molecule has 0 aromatic heterocycles. The zero-order valence-corrected chi connectivity index (χ0v) is 23.2. The van der Waals surface area contributed by atoms with Crippen LogP contribution in [-0.4, -0.2) is 44.3 Å². The summed E-state index contributed by atoms with van der Waals surface area (Å²) in [5.41, 5.74) is 3.34. The molecule has 41 heavy (non-hydrogen) atoms. The van der Waals surface area contributed by atoms with Crippen LogP contribution in [0, 0.1) is 0 Å². The molecule has 2 atom stereocenters. The van der Waals surface area contributed by atoms with Crippen LogP contribution < -0.4 is 42.7 Å². The summed E-state index contributed by atoms with van der Waals surface area (Å²) in [5.74, 6) is 11.5. The van der Waals surface area contributed by atoms with E-state index in [1.165, 1.54) is 24.5 Å². The highest BCUT2D eigenvalue weighted by Crippen LogP contribution is 2.31. The van der Waals surface area contributed by atoms with Crippen molar-refractivity contribution in [1.82, 2.24) is 16.0 Å². The van der Waals surface area contributed by atoms with Crippen LogP contribution in [0.4, 0.5) is 16.2 Å². The molecular formula is C28H33ClN8O4. The Morgan fingerprint density at radius 1 is 1.24 bits per heavy atom. The number of rotatable bonds is 6. The van der Waals surface area contributed by atoms with Gasteiger partial charge in [-0.05, 0) is 55.7 Å². The summed E-state index contributed by atoms with van der Waals surface area (Å²) < 4.78 is 10.8. The van der Waals surface area contributed by atoms with Gasteiger partial charge >= 0.3 is 6.09 Å². The number of nitrogens with zero attached hydrogens (tertiary/aromatic N) is 2. The molecule has 0 fully saturated rings. The standard InChI is InChI=1S/C28H33ClN8O4/c1-40-28(39)34-20-9-10-21-23-16-32-27(36-23)22(6-4-2-3-5-13-41-25(21)15-20)35-26(38)12-7-18-14-19(29)8-11-24(18)37(31)17-33-30/h2,4,7-12,14-17,22,27,32,36H,3,5-6,13,30-31H2,1H3,(H,34,39)(H,35,38)/b4-2+,12-7+,33-17-/t22-,27?/m0/s1. The van der Waals surface area contributed by atoms with Gasteiger partial charge in [-0.25, -0.2) is 10.6 Å². The lowest BCUT2D eigenvalue weighted by molar-refractivity contribution is -0.117. The fourth-order valence-electron chi connectivity index (χ4n) is 4.35. The third-order valence-corrected chi connectivity index (χ3v) is 6.59. The monoisotopic (exact) mass is 580 g/mol. The Bertz CT molecular complexity index is 1380. The number of nitrogens with two attached hydrogens (primary N) is 2. The molecule has 0 radical (unpaired) electrons. The lowest BCUT2D eigenvalue weighted by Gasteiger charge is -2.25. The summed E-state index contributed by atoms with van der Waals surface area (Å²) in [6, 6.07) is 10.2. The van der Waals surface area contributed by atoms with Gasteiger partial charge in [0.15, 0.2) is 0 Å². The average molecular weight is 581 g/mol. The number of amides is 2. The highest BCUT2D eigenvalue weighted by Gasteiger charge is 2.27. The summed E-state index contributed by atoms with van der Waals surface area (Å²) in [6.45, 7) is 0.497. The van der Waals surface area contributed by atoms with Crippen LogP contribution in [-0.2, 0) is 9.53 Å². The van der Waals surface area contributed by atoms with Crippen LogP contribution in [0.15, 0.2) is 65.9 Å². The van der Waals surface area contributed by atoms with Crippen molar-refractivity contribution in [3.8, 4) is 5.75 Å². The van der Waals surface area contributed by atoms with E-state index in [1.807, 2.05) is 18.3 Å². The number of fused-ring (bicyclic) bond motifs is 4. The molecule has 0 saturated heterocycles. The van der Waals surface area contributed by atoms with E-state index in [9.17, 15) is 9.59 Å². The van der Waals surface area contributed by atoms with E-state index in [0.29, 0.717) is 40.7 Å². The van der Waals surface area contributed by atoms with Crippen molar-refractivity contribution in [2.45, 2.75) is 31.5 Å². The van der Waals surface area contributed by atoms with Crippen molar-refractivity contribution in [1.29, 1.82) is 0 Å².